The predicted molar refractivity (Wildman–Crippen MR) is 92.1 cm³/mol. The van der Waals surface area contributed by atoms with E-state index in [1.165, 1.54) is 9.75 Å². The molecule has 104 valence electrons. The Labute approximate surface area is 126 Å². The van der Waals surface area contributed by atoms with Crippen LogP contribution in [-0.4, -0.2) is 16.6 Å². The molecule has 0 amide bonds. The van der Waals surface area contributed by atoms with Crippen LogP contribution < -0.4 is 0 Å². The molecule has 0 atom stereocenters. The molecule has 19 heavy (non-hydrogen) atoms. The monoisotopic (exact) mass is 326 g/mol. The topological polar surface area (TPSA) is 9.23 Å². The van der Waals surface area contributed by atoms with E-state index in [4.69, 9.17) is 4.12 Å². The molecule has 2 aromatic heterocycles. The molecule has 0 N–H and O–H groups in total. The molecule has 0 aliphatic heterocycles. The lowest BCUT2D eigenvalue weighted by molar-refractivity contribution is 0.539. The highest BCUT2D eigenvalue weighted by Crippen LogP contribution is 2.24. The molecule has 5 heteroatoms. The summed E-state index contributed by atoms with van der Waals surface area (Å²) in [7, 11) is -3.20. The molecule has 0 aromatic carbocycles. The average molecular weight is 327 g/mol. The normalized spacial score (nSPS) is 12.8. The van der Waals surface area contributed by atoms with Crippen LogP contribution in [0, 0.1) is 0 Å². The van der Waals surface area contributed by atoms with Crippen molar-refractivity contribution in [2.45, 2.75) is 38.3 Å². The van der Waals surface area contributed by atoms with Crippen molar-refractivity contribution in [2.75, 3.05) is 0 Å². The van der Waals surface area contributed by atoms with Gasteiger partial charge in [0.2, 0.25) is 0 Å². The number of thiophene rings is 2. The lowest BCUT2D eigenvalue weighted by atomic mass is 10.5. The minimum atomic E-state index is -1.60. The number of rotatable bonds is 6. The van der Waals surface area contributed by atoms with Crippen LogP contribution >= 0.6 is 22.7 Å². The Hall–Kier alpha value is -0.206. The maximum Gasteiger partial charge on any atom is 0.178 e. The summed E-state index contributed by atoms with van der Waals surface area (Å²) in [5.41, 5.74) is 0. The zero-order chi connectivity index (χ0) is 13.9. The number of hydrogen-bond donors (Lipinski definition) is 0. The Morgan fingerprint density at radius 1 is 0.842 bits per heavy atom. The summed E-state index contributed by atoms with van der Waals surface area (Å²) >= 11 is 3.71. The lowest BCUT2D eigenvalue weighted by Gasteiger charge is -2.33. The van der Waals surface area contributed by atoms with E-state index in [1.54, 1.807) is 0 Å². The van der Waals surface area contributed by atoms with Crippen LogP contribution in [0.15, 0.2) is 35.0 Å². The molecule has 1 nitrogen and oxygen atoms in total. The molecule has 2 aromatic rings. The van der Waals surface area contributed by atoms with Gasteiger partial charge in [0.05, 0.1) is 0 Å². The fourth-order valence-electron chi connectivity index (χ4n) is 2.49. The Morgan fingerprint density at radius 2 is 1.26 bits per heavy atom. The van der Waals surface area contributed by atoms with Crippen LogP contribution in [-0.2, 0) is 16.2 Å². The van der Waals surface area contributed by atoms with Gasteiger partial charge in [-0.2, -0.15) is 0 Å². The van der Waals surface area contributed by atoms with Crippen molar-refractivity contribution in [1.29, 1.82) is 0 Å². The van der Waals surface area contributed by atoms with E-state index >= 15 is 0 Å². The predicted octanol–water partition coefficient (Wildman–Crippen LogP) is 5.10. The molecule has 0 spiro atoms. The van der Waals surface area contributed by atoms with Gasteiger partial charge in [-0.25, -0.2) is 0 Å². The zero-order valence-electron chi connectivity index (χ0n) is 12.1. The van der Waals surface area contributed by atoms with Gasteiger partial charge in [-0.05, 0) is 61.2 Å². The minimum Gasteiger partial charge on any atom is -0.455 e. The van der Waals surface area contributed by atoms with Crippen molar-refractivity contribution in [3.05, 3.63) is 44.8 Å². The molecule has 0 aliphatic rings. The first-order chi connectivity index (χ1) is 8.86. The second-order valence-electron chi connectivity index (χ2n) is 6.13. The summed E-state index contributed by atoms with van der Waals surface area (Å²) in [6.07, 6.45) is 0. The Morgan fingerprint density at radius 3 is 1.58 bits per heavy atom. The van der Waals surface area contributed by atoms with Gasteiger partial charge in [-0.3, -0.25) is 0 Å². The molecule has 2 rings (SSSR count). The summed E-state index contributed by atoms with van der Waals surface area (Å²) < 4.78 is 6.66. The molecule has 0 bridgehead atoms. The summed E-state index contributed by atoms with van der Waals surface area (Å²) in [6, 6.07) is 11.0. The molecule has 2 heterocycles. The second kappa shape index (κ2) is 6.05. The minimum absolute atomic E-state index is 1.14. The average Bonchev–Trinajstić information content (AvgIpc) is 2.87. The molecule has 0 saturated heterocycles. The quantitative estimate of drug-likeness (QED) is 0.671. The van der Waals surface area contributed by atoms with Crippen molar-refractivity contribution in [2.24, 2.45) is 0 Å². The zero-order valence-corrected chi connectivity index (χ0v) is 15.7. The van der Waals surface area contributed by atoms with Gasteiger partial charge in [0.1, 0.15) is 0 Å². The molecule has 0 aliphatic carbocycles. The van der Waals surface area contributed by atoms with Crippen molar-refractivity contribution in [3.63, 3.8) is 0 Å². The van der Waals surface area contributed by atoms with Gasteiger partial charge in [0, 0.05) is 9.75 Å². The van der Waals surface area contributed by atoms with E-state index in [0.717, 1.165) is 12.1 Å². The van der Waals surface area contributed by atoms with Crippen LogP contribution in [0.25, 0.3) is 0 Å². The van der Waals surface area contributed by atoms with Crippen molar-refractivity contribution in [3.8, 4) is 0 Å². The van der Waals surface area contributed by atoms with Gasteiger partial charge >= 0.3 is 0 Å². The van der Waals surface area contributed by atoms with Crippen molar-refractivity contribution >= 4 is 39.3 Å². The maximum absolute atomic E-state index is 6.66. The summed E-state index contributed by atoms with van der Waals surface area (Å²) in [5.74, 6) is 0. The molecule has 0 saturated carbocycles. The van der Waals surface area contributed by atoms with E-state index < -0.39 is 16.6 Å². The highest BCUT2D eigenvalue weighted by Gasteiger charge is 2.33. The lowest BCUT2D eigenvalue weighted by Crippen LogP contribution is -2.47. The molecule has 0 unspecified atom stereocenters. The standard InChI is InChI=1S/C14H22OS2Si2/c1-18(2,11-13-7-5-9-16-13)15-19(3,4)12-14-8-6-10-17-14/h5-10H,11-12H2,1-4H3. The van der Waals surface area contributed by atoms with Crippen LogP contribution in [0.2, 0.25) is 26.2 Å². The summed E-state index contributed by atoms with van der Waals surface area (Å²) in [5, 5.41) is 4.32. The fourth-order valence-corrected chi connectivity index (χ4v) is 14.7. The molecular weight excluding hydrogens is 304 g/mol. The first kappa shape index (κ1) is 15.2. The van der Waals surface area contributed by atoms with E-state index in [1.807, 2.05) is 22.7 Å². The molecular formula is C14H22OS2Si2. The third-order valence-corrected chi connectivity index (χ3v) is 12.1. The highest BCUT2D eigenvalue weighted by atomic mass is 32.1. The van der Waals surface area contributed by atoms with E-state index in [-0.39, 0.29) is 0 Å². The third-order valence-electron chi connectivity index (χ3n) is 2.91. The largest absolute Gasteiger partial charge is 0.455 e. The van der Waals surface area contributed by atoms with E-state index in [9.17, 15) is 0 Å². The van der Waals surface area contributed by atoms with Crippen LogP contribution in [0.5, 0.6) is 0 Å². The first-order valence-electron chi connectivity index (χ1n) is 6.61. The molecule has 0 radical (unpaired) electrons. The molecule has 0 fully saturated rings. The van der Waals surface area contributed by atoms with Crippen molar-refractivity contribution < 1.29 is 4.12 Å². The van der Waals surface area contributed by atoms with Gasteiger partial charge < -0.3 is 4.12 Å². The Kier molecular flexibility index (Phi) is 4.84. The maximum atomic E-state index is 6.66. The second-order valence-corrected chi connectivity index (χ2v) is 16.8. The smallest absolute Gasteiger partial charge is 0.178 e. The van der Waals surface area contributed by atoms with Gasteiger partial charge in [-0.15, -0.1) is 22.7 Å². The van der Waals surface area contributed by atoms with Gasteiger partial charge in [0.15, 0.2) is 16.6 Å². The van der Waals surface area contributed by atoms with Gasteiger partial charge in [0.25, 0.3) is 0 Å². The van der Waals surface area contributed by atoms with Crippen LogP contribution in [0.4, 0.5) is 0 Å². The van der Waals surface area contributed by atoms with Crippen LogP contribution in [0.1, 0.15) is 9.75 Å². The SMILES string of the molecule is C[Si](C)(Cc1cccs1)O[Si](C)(C)Cc1cccs1. The third kappa shape index (κ3) is 5.00. The van der Waals surface area contributed by atoms with E-state index in [2.05, 4.69) is 61.2 Å². The summed E-state index contributed by atoms with van der Waals surface area (Å²) in [6.45, 7) is 9.43. The highest BCUT2D eigenvalue weighted by molar-refractivity contribution is 7.11. The van der Waals surface area contributed by atoms with Crippen LogP contribution in [0.3, 0.4) is 0 Å². The fraction of sp³-hybridized carbons (Fsp3) is 0.429. The van der Waals surface area contributed by atoms with Crippen molar-refractivity contribution in [1.82, 2.24) is 0 Å². The Bertz CT molecular complexity index is 443. The first-order valence-corrected chi connectivity index (χ1v) is 14.6. The summed E-state index contributed by atoms with van der Waals surface area (Å²) in [4.78, 5) is 2.94. The Balaban J connectivity index is 1.97. The van der Waals surface area contributed by atoms with Gasteiger partial charge in [-0.1, -0.05) is 12.1 Å². The van der Waals surface area contributed by atoms with E-state index in [0.29, 0.717) is 0 Å². The number of hydrogen-bond acceptors (Lipinski definition) is 3.